The number of halogens is 1. The molecule has 0 aliphatic rings. The van der Waals surface area contributed by atoms with Crippen LogP contribution in [-0.2, 0) is 0 Å². The van der Waals surface area contributed by atoms with E-state index in [2.05, 4.69) is 50.6 Å². The van der Waals surface area contributed by atoms with Crippen molar-refractivity contribution in [3.05, 3.63) is 16.1 Å². The zero-order chi connectivity index (χ0) is 14.9. The van der Waals surface area contributed by atoms with Crippen LogP contribution < -0.4 is 4.90 Å². The Morgan fingerprint density at radius 2 is 1.75 bits per heavy atom. The quantitative estimate of drug-likeness (QED) is 0.745. The van der Waals surface area contributed by atoms with Gasteiger partial charge in [0, 0.05) is 23.4 Å². The van der Waals surface area contributed by atoms with Crippen molar-refractivity contribution < 1.29 is 0 Å². The molecular formula is C15H22ClN3S. The highest BCUT2D eigenvalue weighted by Gasteiger charge is 2.16. The van der Waals surface area contributed by atoms with Crippen LogP contribution in [0.15, 0.2) is 6.07 Å². The summed E-state index contributed by atoms with van der Waals surface area (Å²) in [6.45, 7) is 12.8. The van der Waals surface area contributed by atoms with E-state index in [0.717, 1.165) is 29.3 Å². The van der Waals surface area contributed by atoms with E-state index in [4.69, 9.17) is 16.6 Å². The number of nitrogens with zero attached hydrogens (tertiary/aromatic N) is 3. The largest absolute Gasteiger partial charge is 0.340 e. The normalized spacial score (nSPS) is 11.8. The number of hydrogen-bond donors (Lipinski definition) is 0. The molecule has 3 nitrogen and oxygen atoms in total. The van der Waals surface area contributed by atoms with Crippen molar-refractivity contribution in [2.45, 2.75) is 34.6 Å². The molecule has 0 bridgehead atoms. The molecule has 20 heavy (non-hydrogen) atoms. The van der Waals surface area contributed by atoms with Crippen molar-refractivity contribution in [3.8, 4) is 0 Å². The van der Waals surface area contributed by atoms with Gasteiger partial charge in [0.1, 0.15) is 9.98 Å². The molecule has 0 amide bonds. The molecule has 0 aromatic carbocycles. The number of aromatic nitrogens is 2. The molecule has 2 aromatic rings. The Morgan fingerprint density at radius 3 is 2.30 bits per heavy atom. The molecular weight excluding hydrogens is 290 g/mol. The van der Waals surface area contributed by atoms with Crippen LogP contribution in [0.25, 0.3) is 10.2 Å². The third-order valence-corrected chi connectivity index (χ3v) is 4.14. The molecule has 5 heteroatoms. The Balaban J connectivity index is 2.41. The van der Waals surface area contributed by atoms with Crippen molar-refractivity contribution in [2.75, 3.05) is 18.0 Å². The van der Waals surface area contributed by atoms with Gasteiger partial charge >= 0.3 is 0 Å². The summed E-state index contributed by atoms with van der Waals surface area (Å²) in [5, 5.41) is 1.53. The van der Waals surface area contributed by atoms with Gasteiger partial charge in [-0.25, -0.2) is 9.97 Å². The molecule has 0 saturated heterocycles. The summed E-state index contributed by atoms with van der Waals surface area (Å²) in [5.74, 6) is 1.89. The number of hydrogen-bond acceptors (Lipinski definition) is 4. The van der Waals surface area contributed by atoms with E-state index in [1.807, 2.05) is 0 Å². The molecule has 0 unspecified atom stereocenters. The Morgan fingerprint density at radius 1 is 1.15 bits per heavy atom. The number of aryl methyl sites for hydroxylation is 1. The first-order valence-electron chi connectivity index (χ1n) is 7.05. The maximum absolute atomic E-state index is 6.32. The number of rotatable bonds is 5. The van der Waals surface area contributed by atoms with Crippen molar-refractivity contribution >= 4 is 39.1 Å². The van der Waals surface area contributed by atoms with Crippen molar-refractivity contribution in [2.24, 2.45) is 11.8 Å². The van der Waals surface area contributed by atoms with Gasteiger partial charge in [-0.2, -0.15) is 0 Å². The molecule has 0 saturated carbocycles. The predicted octanol–water partition coefficient (Wildman–Crippen LogP) is 4.77. The maximum Gasteiger partial charge on any atom is 0.228 e. The van der Waals surface area contributed by atoms with E-state index in [1.165, 1.54) is 4.88 Å². The van der Waals surface area contributed by atoms with Crippen molar-refractivity contribution in [1.82, 2.24) is 9.97 Å². The lowest BCUT2D eigenvalue weighted by Gasteiger charge is -2.26. The van der Waals surface area contributed by atoms with Crippen LogP contribution in [0.1, 0.15) is 32.6 Å². The van der Waals surface area contributed by atoms with Gasteiger partial charge in [0.15, 0.2) is 0 Å². The fraction of sp³-hybridized carbons (Fsp3) is 0.600. The van der Waals surface area contributed by atoms with Crippen LogP contribution in [0.4, 0.5) is 5.95 Å². The average molecular weight is 312 g/mol. The van der Waals surface area contributed by atoms with Crippen LogP contribution in [0.3, 0.4) is 0 Å². The van der Waals surface area contributed by atoms with Crippen LogP contribution in [0.5, 0.6) is 0 Å². The molecule has 2 heterocycles. The first kappa shape index (κ1) is 15.5. The SMILES string of the molecule is Cc1cc2c(Cl)nc(N(CC(C)C)CC(C)C)nc2s1. The van der Waals surface area contributed by atoms with E-state index in [9.17, 15) is 0 Å². The van der Waals surface area contributed by atoms with Crippen molar-refractivity contribution in [3.63, 3.8) is 0 Å². The minimum atomic E-state index is 0.562. The van der Waals surface area contributed by atoms with Gasteiger partial charge in [-0.3, -0.25) is 0 Å². The fourth-order valence-electron chi connectivity index (χ4n) is 2.26. The topological polar surface area (TPSA) is 29.0 Å². The molecule has 0 radical (unpaired) electrons. The highest BCUT2D eigenvalue weighted by Crippen LogP contribution is 2.30. The summed E-state index contributed by atoms with van der Waals surface area (Å²) < 4.78 is 0. The third kappa shape index (κ3) is 3.61. The maximum atomic E-state index is 6.32. The molecule has 0 atom stereocenters. The Kier molecular flexibility index (Phi) is 4.86. The van der Waals surface area contributed by atoms with Gasteiger partial charge in [-0.05, 0) is 24.8 Å². The summed E-state index contributed by atoms with van der Waals surface area (Å²) in [4.78, 5) is 13.7. The Labute approximate surface area is 130 Å². The van der Waals surface area contributed by atoms with Gasteiger partial charge in [0.05, 0.1) is 0 Å². The molecule has 0 N–H and O–H groups in total. The molecule has 0 spiro atoms. The number of anilines is 1. The lowest BCUT2D eigenvalue weighted by atomic mass is 10.1. The van der Waals surface area contributed by atoms with Gasteiger partial charge in [0.2, 0.25) is 5.95 Å². The minimum absolute atomic E-state index is 0.562. The first-order chi connectivity index (χ1) is 9.36. The second kappa shape index (κ2) is 6.27. The molecule has 110 valence electrons. The van der Waals surface area contributed by atoms with E-state index < -0.39 is 0 Å². The second-order valence-electron chi connectivity index (χ2n) is 6.08. The summed E-state index contributed by atoms with van der Waals surface area (Å²) in [6, 6.07) is 2.06. The summed E-state index contributed by atoms with van der Waals surface area (Å²) in [5.41, 5.74) is 0. The molecule has 2 aromatic heterocycles. The highest BCUT2D eigenvalue weighted by molar-refractivity contribution is 7.18. The predicted molar refractivity (Wildman–Crippen MR) is 89.1 cm³/mol. The molecule has 0 aliphatic heterocycles. The number of thiophene rings is 1. The van der Waals surface area contributed by atoms with Gasteiger partial charge < -0.3 is 4.90 Å². The van der Waals surface area contributed by atoms with Crippen LogP contribution >= 0.6 is 22.9 Å². The van der Waals surface area contributed by atoms with E-state index in [1.54, 1.807) is 11.3 Å². The smallest absolute Gasteiger partial charge is 0.228 e. The van der Waals surface area contributed by atoms with Crippen LogP contribution in [0.2, 0.25) is 5.15 Å². The third-order valence-electron chi connectivity index (χ3n) is 2.91. The first-order valence-corrected chi connectivity index (χ1v) is 8.25. The summed E-state index contributed by atoms with van der Waals surface area (Å²) >= 11 is 8.00. The van der Waals surface area contributed by atoms with Crippen LogP contribution in [0, 0.1) is 18.8 Å². The highest BCUT2D eigenvalue weighted by atomic mass is 35.5. The minimum Gasteiger partial charge on any atom is -0.340 e. The average Bonchev–Trinajstić information content (AvgIpc) is 2.68. The van der Waals surface area contributed by atoms with Gasteiger partial charge in [-0.15, -0.1) is 11.3 Å². The monoisotopic (exact) mass is 311 g/mol. The van der Waals surface area contributed by atoms with Gasteiger partial charge in [0.25, 0.3) is 0 Å². The zero-order valence-electron chi connectivity index (χ0n) is 12.8. The van der Waals surface area contributed by atoms with E-state index in [0.29, 0.717) is 17.0 Å². The lowest BCUT2D eigenvalue weighted by Crippen LogP contribution is -2.32. The lowest BCUT2D eigenvalue weighted by molar-refractivity contribution is 0.545. The van der Waals surface area contributed by atoms with Gasteiger partial charge in [-0.1, -0.05) is 39.3 Å². The molecule has 2 rings (SSSR count). The zero-order valence-corrected chi connectivity index (χ0v) is 14.3. The van der Waals surface area contributed by atoms with Crippen LogP contribution in [-0.4, -0.2) is 23.1 Å². The summed E-state index contributed by atoms with van der Waals surface area (Å²) in [6.07, 6.45) is 0. The molecule has 0 aliphatic carbocycles. The standard InChI is InChI=1S/C15H22ClN3S/c1-9(2)7-19(8-10(3)4)15-17-13(16)12-6-11(5)20-14(12)18-15/h6,9-10H,7-8H2,1-5H3. The van der Waals surface area contributed by atoms with Crippen molar-refractivity contribution in [1.29, 1.82) is 0 Å². The Bertz CT molecular complexity index is 582. The molecule has 0 fully saturated rings. The summed E-state index contributed by atoms with van der Waals surface area (Å²) in [7, 11) is 0. The van der Waals surface area contributed by atoms with E-state index in [-0.39, 0.29) is 0 Å². The van der Waals surface area contributed by atoms with E-state index >= 15 is 0 Å². The second-order valence-corrected chi connectivity index (χ2v) is 7.68. The fourth-order valence-corrected chi connectivity index (χ4v) is 3.41. The Hall–Kier alpha value is -0.870. The number of fused-ring (bicyclic) bond motifs is 1.